The summed E-state index contributed by atoms with van der Waals surface area (Å²) in [6.45, 7) is 0.207. The zero-order chi connectivity index (χ0) is 14.0. The molecule has 0 amide bonds. The summed E-state index contributed by atoms with van der Waals surface area (Å²) in [5, 5.41) is 3.18. The molecule has 2 rings (SSSR count). The molecule has 9 heteroatoms. The molecule has 0 bridgehead atoms. The predicted octanol–water partition coefficient (Wildman–Crippen LogP) is 0.717. The summed E-state index contributed by atoms with van der Waals surface area (Å²) in [7, 11) is -3.05. The van der Waals surface area contributed by atoms with Gasteiger partial charge in [-0.05, 0) is 12.1 Å². The minimum atomic E-state index is -3.05. The van der Waals surface area contributed by atoms with E-state index in [2.05, 4.69) is 20.3 Å². The molecule has 19 heavy (non-hydrogen) atoms. The first-order valence-corrected chi connectivity index (χ1v) is 7.80. The molecule has 3 N–H and O–H groups in total. The van der Waals surface area contributed by atoms with Gasteiger partial charge in [0.1, 0.15) is 20.5 Å². The second-order valence-electron chi connectivity index (χ2n) is 3.99. The summed E-state index contributed by atoms with van der Waals surface area (Å²) in [6.07, 6.45) is 1.16. The van der Waals surface area contributed by atoms with Crippen LogP contribution in [0.3, 0.4) is 0 Å². The van der Waals surface area contributed by atoms with Crippen molar-refractivity contribution in [2.45, 2.75) is 0 Å². The number of hydrogen-bond acceptors (Lipinski definition) is 7. The van der Waals surface area contributed by atoms with Gasteiger partial charge >= 0.3 is 0 Å². The number of aromatic nitrogens is 3. The van der Waals surface area contributed by atoms with Crippen LogP contribution in [0.1, 0.15) is 0 Å². The number of fused-ring (bicyclic) bond motifs is 1. The fourth-order valence-corrected chi connectivity index (χ4v) is 2.11. The van der Waals surface area contributed by atoms with E-state index in [0.29, 0.717) is 22.0 Å². The fraction of sp³-hybridized carbons (Fsp3) is 0.300. The quantitative estimate of drug-likeness (QED) is 0.800. The van der Waals surface area contributed by atoms with Crippen LogP contribution >= 0.6 is 11.6 Å². The van der Waals surface area contributed by atoms with Crippen LogP contribution in [0.25, 0.3) is 11.0 Å². The molecule has 0 aromatic carbocycles. The van der Waals surface area contributed by atoms with Gasteiger partial charge in [-0.1, -0.05) is 11.6 Å². The largest absolute Gasteiger partial charge is 0.368 e. The Hall–Kier alpha value is -1.67. The number of anilines is 2. The lowest BCUT2D eigenvalue weighted by Crippen LogP contribution is -2.15. The average molecular weight is 302 g/mol. The van der Waals surface area contributed by atoms with Crippen LogP contribution in [0.15, 0.2) is 12.1 Å². The molecule has 0 saturated heterocycles. The number of pyridine rings is 1. The lowest BCUT2D eigenvalue weighted by molar-refractivity contribution is 0.602. The van der Waals surface area contributed by atoms with E-state index < -0.39 is 9.84 Å². The van der Waals surface area contributed by atoms with Gasteiger partial charge in [0.15, 0.2) is 5.82 Å². The third kappa shape index (κ3) is 3.65. The zero-order valence-electron chi connectivity index (χ0n) is 10.1. The maximum atomic E-state index is 11.1. The van der Waals surface area contributed by atoms with Gasteiger partial charge in [0.2, 0.25) is 5.95 Å². The Morgan fingerprint density at radius 2 is 2.05 bits per heavy atom. The molecule has 7 nitrogen and oxygen atoms in total. The van der Waals surface area contributed by atoms with Gasteiger partial charge in [0.25, 0.3) is 0 Å². The standard InChI is InChI=1S/C10H12ClN5O2S/c1-19(17,18)5-4-13-9-8-6(14-10(12)16-9)2-3-7(11)15-8/h2-3H,4-5H2,1H3,(H3,12,13,14,16). The number of halogens is 1. The van der Waals surface area contributed by atoms with Crippen molar-refractivity contribution in [3.8, 4) is 0 Å². The SMILES string of the molecule is CS(=O)(=O)CCNc1nc(N)nc2ccc(Cl)nc12. The Morgan fingerprint density at radius 1 is 1.32 bits per heavy atom. The number of nitrogens with zero attached hydrogens (tertiary/aromatic N) is 3. The van der Waals surface area contributed by atoms with Gasteiger partial charge in [-0.3, -0.25) is 0 Å². The number of nitrogen functional groups attached to an aromatic ring is 1. The molecule has 0 aliphatic heterocycles. The monoisotopic (exact) mass is 301 g/mol. The van der Waals surface area contributed by atoms with Crippen molar-refractivity contribution < 1.29 is 8.42 Å². The number of hydrogen-bond donors (Lipinski definition) is 2. The van der Waals surface area contributed by atoms with E-state index in [1.807, 2.05) is 0 Å². The second kappa shape index (κ2) is 5.14. The van der Waals surface area contributed by atoms with E-state index >= 15 is 0 Å². The minimum Gasteiger partial charge on any atom is -0.368 e. The molecule has 2 aromatic rings. The molecule has 0 saturated carbocycles. The fourth-order valence-electron chi connectivity index (χ4n) is 1.49. The normalized spacial score (nSPS) is 11.7. The maximum Gasteiger partial charge on any atom is 0.222 e. The van der Waals surface area contributed by atoms with E-state index in [1.165, 1.54) is 0 Å². The Morgan fingerprint density at radius 3 is 2.74 bits per heavy atom. The van der Waals surface area contributed by atoms with Gasteiger partial charge in [-0.2, -0.15) is 4.98 Å². The van der Waals surface area contributed by atoms with Crippen LogP contribution in [0, 0.1) is 0 Å². The Bertz CT molecular complexity index is 719. The lowest BCUT2D eigenvalue weighted by Gasteiger charge is -2.08. The molecule has 0 aliphatic carbocycles. The third-order valence-corrected chi connectivity index (χ3v) is 3.45. The molecule has 0 unspecified atom stereocenters. The summed E-state index contributed by atoms with van der Waals surface area (Å²) >= 11 is 5.82. The van der Waals surface area contributed by atoms with Crippen LogP contribution in [-0.2, 0) is 9.84 Å². The first-order valence-electron chi connectivity index (χ1n) is 5.36. The average Bonchev–Trinajstić information content (AvgIpc) is 2.28. The van der Waals surface area contributed by atoms with Gasteiger partial charge in [0.05, 0.1) is 11.3 Å². The van der Waals surface area contributed by atoms with E-state index in [9.17, 15) is 8.42 Å². The molecule has 0 atom stereocenters. The first kappa shape index (κ1) is 13.8. The van der Waals surface area contributed by atoms with Crippen molar-refractivity contribution in [3.63, 3.8) is 0 Å². The highest BCUT2D eigenvalue weighted by Gasteiger charge is 2.09. The molecule has 2 aromatic heterocycles. The molecule has 0 radical (unpaired) electrons. The van der Waals surface area contributed by atoms with Gasteiger partial charge in [0, 0.05) is 12.8 Å². The van der Waals surface area contributed by atoms with Crippen molar-refractivity contribution in [3.05, 3.63) is 17.3 Å². The molecule has 2 heterocycles. The number of nitrogens with two attached hydrogens (primary N) is 1. The van der Waals surface area contributed by atoms with Crippen molar-refractivity contribution in [2.24, 2.45) is 0 Å². The molecule has 0 fully saturated rings. The van der Waals surface area contributed by atoms with Crippen LogP contribution in [-0.4, -0.2) is 41.9 Å². The van der Waals surface area contributed by atoms with Gasteiger partial charge < -0.3 is 11.1 Å². The van der Waals surface area contributed by atoms with Crippen molar-refractivity contribution >= 4 is 44.2 Å². The Balaban J connectivity index is 2.33. The van der Waals surface area contributed by atoms with Crippen LogP contribution in [0.5, 0.6) is 0 Å². The van der Waals surface area contributed by atoms with Gasteiger partial charge in [-0.25, -0.2) is 18.4 Å². The van der Waals surface area contributed by atoms with E-state index in [0.717, 1.165) is 6.26 Å². The first-order chi connectivity index (χ1) is 8.85. The zero-order valence-corrected chi connectivity index (χ0v) is 11.7. The highest BCUT2D eigenvalue weighted by molar-refractivity contribution is 7.90. The van der Waals surface area contributed by atoms with Crippen molar-refractivity contribution in [1.29, 1.82) is 0 Å². The van der Waals surface area contributed by atoms with Gasteiger partial charge in [-0.15, -0.1) is 0 Å². The van der Waals surface area contributed by atoms with E-state index in [-0.39, 0.29) is 18.2 Å². The smallest absolute Gasteiger partial charge is 0.222 e. The van der Waals surface area contributed by atoms with E-state index in [1.54, 1.807) is 12.1 Å². The summed E-state index contributed by atoms with van der Waals surface area (Å²) < 4.78 is 22.1. The Kier molecular flexibility index (Phi) is 3.72. The molecule has 0 spiro atoms. The maximum absolute atomic E-state index is 11.1. The highest BCUT2D eigenvalue weighted by Crippen LogP contribution is 2.21. The third-order valence-electron chi connectivity index (χ3n) is 2.29. The summed E-state index contributed by atoms with van der Waals surface area (Å²) in [5.74, 6) is 0.436. The molecule has 0 aliphatic rings. The minimum absolute atomic E-state index is 0.0149. The van der Waals surface area contributed by atoms with Crippen molar-refractivity contribution in [1.82, 2.24) is 15.0 Å². The van der Waals surface area contributed by atoms with Crippen molar-refractivity contribution in [2.75, 3.05) is 29.6 Å². The van der Waals surface area contributed by atoms with Crippen LogP contribution < -0.4 is 11.1 Å². The van der Waals surface area contributed by atoms with Crippen LogP contribution in [0.2, 0.25) is 5.15 Å². The molecule has 102 valence electrons. The Labute approximate surface area is 115 Å². The topological polar surface area (TPSA) is 111 Å². The summed E-state index contributed by atoms with van der Waals surface area (Å²) in [5.41, 5.74) is 6.57. The van der Waals surface area contributed by atoms with Crippen LogP contribution in [0.4, 0.5) is 11.8 Å². The van der Waals surface area contributed by atoms with E-state index in [4.69, 9.17) is 17.3 Å². The highest BCUT2D eigenvalue weighted by atomic mass is 35.5. The number of rotatable bonds is 4. The lowest BCUT2D eigenvalue weighted by atomic mass is 10.3. The second-order valence-corrected chi connectivity index (χ2v) is 6.64. The molecular formula is C10H12ClN5O2S. The summed E-state index contributed by atoms with van der Waals surface area (Å²) in [6, 6.07) is 3.26. The number of sulfone groups is 1. The number of nitrogens with one attached hydrogen (secondary N) is 1. The summed E-state index contributed by atoms with van der Waals surface area (Å²) in [4.78, 5) is 12.1. The molecular weight excluding hydrogens is 290 g/mol. The predicted molar refractivity (Wildman–Crippen MR) is 75.0 cm³/mol.